The molecule has 0 spiro atoms. The Morgan fingerprint density at radius 1 is 0.862 bits per heavy atom. The highest BCUT2D eigenvalue weighted by Gasteiger charge is 2.24. The highest BCUT2D eigenvalue weighted by atomic mass is 32.1. The van der Waals surface area contributed by atoms with Gasteiger partial charge < -0.3 is 38.3 Å². The highest BCUT2D eigenvalue weighted by molar-refractivity contribution is 7.80. The number of aliphatic carboxylic acids is 1. The number of nitrogens with two attached hydrogens (primary N) is 3. The molecule has 0 heterocycles. The molecule has 3 atom stereocenters. The summed E-state index contributed by atoms with van der Waals surface area (Å²) in [5, 5.41) is 16.2. The first kappa shape index (κ1) is 27.1. The minimum Gasteiger partial charge on any atom is -0.480 e. The third-order valence-electron chi connectivity index (χ3n) is 4.12. The van der Waals surface area contributed by atoms with E-state index < -0.39 is 48.4 Å². The van der Waals surface area contributed by atoms with Crippen LogP contribution in [0, 0.1) is 0 Å². The van der Waals surface area contributed by atoms with E-state index in [1.807, 2.05) is 0 Å². The van der Waals surface area contributed by atoms with Gasteiger partial charge in [-0.05, 0) is 45.2 Å². The van der Waals surface area contributed by atoms with Gasteiger partial charge in [0.05, 0.1) is 12.6 Å². The summed E-state index contributed by atoms with van der Waals surface area (Å²) in [5.41, 5.74) is 16.7. The van der Waals surface area contributed by atoms with E-state index in [1.165, 1.54) is 0 Å². The van der Waals surface area contributed by atoms with Crippen LogP contribution in [0.1, 0.15) is 38.5 Å². The largest absolute Gasteiger partial charge is 0.480 e. The number of hydrogen-bond donors (Lipinski definition) is 8. The predicted molar refractivity (Wildman–Crippen MR) is 112 cm³/mol. The van der Waals surface area contributed by atoms with Gasteiger partial charge in [0.15, 0.2) is 0 Å². The summed E-state index contributed by atoms with van der Waals surface area (Å²) in [6.07, 6.45) is 3.50. The van der Waals surface area contributed by atoms with E-state index in [9.17, 15) is 19.2 Å². The van der Waals surface area contributed by atoms with Crippen molar-refractivity contribution in [3.05, 3.63) is 0 Å². The molecule has 0 aliphatic rings. The second-order valence-corrected chi connectivity index (χ2v) is 6.96. The Morgan fingerprint density at radius 3 is 1.97 bits per heavy atom. The molecule has 0 aromatic heterocycles. The van der Waals surface area contributed by atoms with E-state index in [1.54, 1.807) is 0 Å². The quantitative estimate of drug-likeness (QED) is 0.0975. The fourth-order valence-electron chi connectivity index (χ4n) is 2.40. The van der Waals surface area contributed by atoms with Crippen molar-refractivity contribution in [2.24, 2.45) is 17.2 Å². The van der Waals surface area contributed by atoms with Crippen LogP contribution < -0.4 is 33.2 Å². The fraction of sp³-hybridized carbons (Fsp3) is 0.765. The van der Waals surface area contributed by atoms with Gasteiger partial charge in [-0.25, -0.2) is 4.79 Å². The number of nitrogens with one attached hydrogen (secondary N) is 3. The van der Waals surface area contributed by atoms with Gasteiger partial charge in [0.2, 0.25) is 17.7 Å². The lowest BCUT2D eigenvalue weighted by Crippen LogP contribution is -2.53. The minimum absolute atomic E-state index is 0.0885. The first-order valence-electron chi connectivity index (χ1n) is 9.63. The maximum Gasteiger partial charge on any atom is 0.327 e. The molecule has 0 saturated heterocycles. The summed E-state index contributed by atoms with van der Waals surface area (Å²) in [7, 11) is 0. The Bertz CT molecular complexity index is 536. The maximum atomic E-state index is 12.4. The molecule has 0 rings (SSSR count). The Kier molecular flexibility index (Phi) is 14.9. The molecule has 29 heavy (non-hydrogen) atoms. The summed E-state index contributed by atoms with van der Waals surface area (Å²) >= 11 is 3.85. The number of carboxylic acid groups (broad SMARTS) is 1. The van der Waals surface area contributed by atoms with Crippen molar-refractivity contribution in [2.75, 3.05) is 25.4 Å². The molecular formula is C17H34N6O5S. The number of hydrogen-bond acceptors (Lipinski definition) is 8. The molecule has 0 aromatic rings. The maximum absolute atomic E-state index is 12.4. The smallest absolute Gasteiger partial charge is 0.327 e. The lowest BCUT2D eigenvalue weighted by molar-refractivity contribution is -0.141. The summed E-state index contributed by atoms with van der Waals surface area (Å²) in [4.78, 5) is 47.4. The van der Waals surface area contributed by atoms with Crippen molar-refractivity contribution in [3.63, 3.8) is 0 Å². The molecule has 12 heteroatoms. The molecule has 0 radical (unpaired) electrons. The van der Waals surface area contributed by atoms with E-state index in [2.05, 4.69) is 28.6 Å². The fourth-order valence-corrected chi connectivity index (χ4v) is 2.65. The molecule has 0 aromatic carbocycles. The van der Waals surface area contributed by atoms with E-state index in [0.717, 1.165) is 6.42 Å². The Balaban J connectivity index is 4.71. The molecule has 11 nitrogen and oxygen atoms in total. The third-order valence-corrected chi connectivity index (χ3v) is 4.49. The molecule has 0 bridgehead atoms. The number of carboxylic acids is 1. The first-order valence-corrected chi connectivity index (χ1v) is 10.3. The zero-order valence-corrected chi connectivity index (χ0v) is 17.5. The lowest BCUT2D eigenvalue weighted by Gasteiger charge is -2.21. The van der Waals surface area contributed by atoms with Gasteiger partial charge in [0.25, 0.3) is 0 Å². The van der Waals surface area contributed by atoms with E-state index in [0.29, 0.717) is 45.2 Å². The molecule has 0 fully saturated rings. The summed E-state index contributed by atoms with van der Waals surface area (Å²) in [5.74, 6) is -3.01. The lowest BCUT2D eigenvalue weighted by atomic mass is 10.1. The van der Waals surface area contributed by atoms with Crippen LogP contribution in [0.15, 0.2) is 0 Å². The van der Waals surface area contributed by atoms with Crippen LogP contribution in [0.2, 0.25) is 0 Å². The van der Waals surface area contributed by atoms with Crippen LogP contribution in [0.3, 0.4) is 0 Å². The Morgan fingerprint density at radius 2 is 1.45 bits per heavy atom. The first-order chi connectivity index (χ1) is 13.8. The van der Waals surface area contributed by atoms with Crippen molar-refractivity contribution in [2.45, 2.75) is 56.7 Å². The number of carbonyl (C=O) groups excluding carboxylic acids is 3. The van der Waals surface area contributed by atoms with Gasteiger partial charge >= 0.3 is 5.97 Å². The Labute approximate surface area is 176 Å². The second-order valence-electron chi connectivity index (χ2n) is 6.60. The van der Waals surface area contributed by atoms with Gasteiger partial charge in [0.1, 0.15) is 12.1 Å². The molecule has 3 amide bonds. The molecule has 168 valence electrons. The minimum atomic E-state index is -1.23. The molecule has 0 aliphatic heterocycles. The van der Waals surface area contributed by atoms with Gasteiger partial charge in [-0.3, -0.25) is 14.4 Å². The SMILES string of the molecule is NCCCCC(N)C(=O)NC(CCCCN)C(=O)NCC(=O)NC(CS)C(=O)O. The number of amides is 3. The van der Waals surface area contributed by atoms with Crippen molar-refractivity contribution < 1.29 is 24.3 Å². The van der Waals surface area contributed by atoms with E-state index in [-0.39, 0.29) is 5.75 Å². The molecular weight excluding hydrogens is 400 g/mol. The predicted octanol–water partition coefficient (Wildman–Crippen LogP) is -2.33. The number of carbonyl (C=O) groups is 4. The van der Waals surface area contributed by atoms with Crippen molar-refractivity contribution in [3.8, 4) is 0 Å². The van der Waals surface area contributed by atoms with Crippen LogP contribution in [-0.2, 0) is 19.2 Å². The van der Waals surface area contributed by atoms with Gasteiger partial charge in [0, 0.05) is 5.75 Å². The van der Waals surface area contributed by atoms with Crippen molar-refractivity contribution >= 4 is 36.3 Å². The standard InChI is InChI=1S/C17H34N6O5S/c18-7-3-1-5-11(20)15(25)23-12(6-2-4-8-19)16(26)21-9-14(24)22-13(10-29)17(27)28/h11-13,29H,1-10,18-20H2,(H,21,26)(H,22,24)(H,23,25)(H,27,28). The van der Waals surface area contributed by atoms with Crippen LogP contribution in [0.4, 0.5) is 0 Å². The van der Waals surface area contributed by atoms with E-state index >= 15 is 0 Å². The second kappa shape index (κ2) is 16.0. The molecule has 10 N–H and O–H groups in total. The van der Waals surface area contributed by atoms with Gasteiger partial charge in [-0.1, -0.05) is 6.42 Å². The monoisotopic (exact) mass is 434 g/mol. The molecule has 0 saturated carbocycles. The summed E-state index contributed by atoms with van der Waals surface area (Å²) < 4.78 is 0. The highest BCUT2D eigenvalue weighted by Crippen LogP contribution is 2.04. The normalized spacial score (nSPS) is 13.8. The van der Waals surface area contributed by atoms with Gasteiger partial charge in [-0.2, -0.15) is 12.6 Å². The Hall–Kier alpha value is -1.89. The summed E-state index contributed by atoms with van der Waals surface area (Å²) in [6.45, 7) is 0.530. The number of thiol groups is 1. The third kappa shape index (κ3) is 12.3. The van der Waals surface area contributed by atoms with E-state index in [4.69, 9.17) is 22.3 Å². The van der Waals surface area contributed by atoms with Crippen LogP contribution in [0.25, 0.3) is 0 Å². The average molecular weight is 435 g/mol. The number of unbranched alkanes of at least 4 members (excludes halogenated alkanes) is 2. The topological polar surface area (TPSA) is 203 Å². The van der Waals surface area contributed by atoms with Crippen molar-refractivity contribution in [1.82, 2.24) is 16.0 Å². The van der Waals surface area contributed by atoms with Crippen LogP contribution >= 0.6 is 12.6 Å². The van der Waals surface area contributed by atoms with Crippen molar-refractivity contribution in [1.29, 1.82) is 0 Å². The zero-order chi connectivity index (χ0) is 22.2. The number of rotatable bonds is 16. The van der Waals surface area contributed by atoms with Crippen LogP contribution in [0.5, 0.6) is 0 Å². The molecule has 3 unspecified atom stereocenters. The average Bonchev–Trinajstić information content (AvgIpc) is 2.69. The van der Waals surface area contributed by atoms with Gasteiger partial charge in [-0.15, -0.1) is 0 Å². The molecule has 0 aliphatic carbocycles. The van der Waals surface area contributed by atoms with Crippen LogP contribution in [-0.4, -0.2) is 72.3 Å². The zero-order valence-electron chi connectivity index (χ0n) is 16.6. The summed E-state index contributed by atoms with van der Waals surface area (Å²) in [6, 6.07) is -2.79.